The molecule has 0 atom stereocenters. The minimum Gasteiger partial charge on any atom is -0.388 e. The summed E-state index contributed by atoms with van der Waals surface area (Å²) in [6.07, 6.45) is 1.49. The van der Waals surface area contributed by atoms with Crippen LogP contribution in [0.15, 0.2) is 22.7 Å². The molecular formula is C14H18BrNO2S. The van der Waals surface area contributed by atoms with Crippen molar-refractivity contribution in [1.29, 1.82) is 0 Å². The van der Waals surface area contributed by atoms with Crippen molar-refractivity contribution in [3.8, 4) is 0 Å². The number of aryl methyl sites for hydroxylation is 1. The molecule has 0 bridgehead atoms. The second kappa shape index (κ2) is 6.29. The summed E-state index contributed by atoms with van der Waals surface area (Å²) < 4.78 is 0.788. The van der Waals surface area contributed by atoms with E-state index in [1.807, 2.05) is 30.8 Å². The molecule has 1 heterocycles. The molecule has 1 aliphatic rings. The van der Waals surface area contributed by atoms with Gasteiger partial charge in [0.1, 0.15) is 0 Å². The number of aliphatic hydroxyl groups is 1. The fraction of sp³-hybridized carbons (Fsp3) is 0.500. The molecule has 104 valence electrons. The van der Waals surface area contributed by atoms with Crippen LogP contribution in [0.1, 0.15) is 28.8 Å². The first-order chi connectivity index (χ1) is 9.00. The number of benzene rings is 1. The molecule has 1 aliphatic heterocycles. The van der Waals surface area contributed by atoms with E-state index in [1.165, 1.54) is 0 Å². The summed E-state index contributed by atoms with van der Waals surface area (Å²) >= 11 is 5.25. The largest absolute Gasteiger partial charge is 0.388 e. The standard InChI is InChI=1S/C14H18BrNO2S/c1-10-2-3-11(12(15)8-10)13(17)16-9-14(18)4-6-19-7-5-14/h2-3,8,18H,4-7,9H2,1H3,(H,16,17). The van der Waals surface area contributed by atoms with Gasteiger partial charge in [0.2, 0.25) is 0 Å². The molecule has 3 nitrogen and oxygen atoms in total. The highest BCUT2D eigenvalue weighted by molar-refractivity contribution is 9.10. The summed E-state index contributed by atoms with van der Waals surface area (Å²) in [5, 5.41) is 13.2. The van der Waals surface area contributed by atoms with Gasteiger partial charge in [0, 0.05) is 11.0 Å². The van der Waals surface area contributed by atoms with Gasteiger partial charge < -0.3 is 10.4 Å². The monoisotopic (exact) mass is 343 g/mol. The molecule has 0 unspecified atom stereocenters. The molecule has 1 fully saturated rings. The Balaban J connectivity index is 1.97. The van der Waals surface area contributed by atoms with Crippen molar-refractivity contribution in [2.24, 2.45) is 0 Å². The Morgan fingerprint density at radius 3 is 2.79 bits per heavy atom. The number of halogens is 1. The van der Waals surface area contributed by atoms with Crippen LogP contribution in [0.4, 0.5) is 0 Å². The smallest absolute Gasteiger partial charge is 0.252 e. The summed E-state index contributed by atoms with van der Waals surface area (Å²) in [4.78, 5) is 12.1. The van der Waals surface area contributed by atoms with Crippen LogP contribution < -0.4 is 5.32 Å². The SMILES string of the molecule is Cc1ccc(C(=O)NCC2(O)CCSCC2)c(Br)c1. The van der Waals surface area contributed by atoms with Crippen molar-refractivity contribution in [3.05, 3.63) is 33.8 Å². The van der Waals surface area contributed by atoms with E-state index >= 15 is 0 Å². The first-order valence-corrected chi connectivity index (χ1v) is 8.29. The second-order valence-electron chi connectivity index (χ2n) is 5.00. The van der Waals surface area contributed by atoms with Crippen LogP contribution >= 0.6 is 27.7 Å². The van der Waals surface area contributed by atoms with E-state index in [-0.39, 0.29) is 5.91 Å². The van der Waals surface area contributed by atoms with E-state index in [9.17, 15) is 9.90 Å². The van der Waals surface area contributed by atoms with Gasteiger partial charge in [-0.2, -0.15) is 11.8 Å². The third-order valence-corrected chi connectivity index (χ3v) is 5.01. The lowest BCUT2D eigenvalue weighted by molar-refractivity contribution is 0.0311. The molecule has 2 rings (SSSR count). The maximum Gasteiger partial charge on any atom is 0.252 e. The van der Waals surface area contributed by atoms with Crippen LogP contribution in [0.5, 0.6) is 0 Å². The average molecular weight is 344 g/mol. The fourth-order valence-electron chi connectivity index (χ4n) is 2.07. The Hall–Kier alpha value is -0.520. The zero-order valence-corrected chi connectivity index (χ0v) is 13.3. The summed E-state index contributed by atoms with van der Waals surface area (Å²) in [5.74, 6) is 1.78. The molecule has 19 heavy (non-hydrogen) atoms. The van der Waals surface area contributed by atoms with Gasteiger partial charge in [0.05, 0.1) is 11.2 Å². The van der Waals surface area contributed by atoms with Gasteiger partial charge in [-0.1, -0.05) is 6.07 Å². The lowest BCUT2D eigenvalue weighted by atomic mass is 9.97. The lowest BCUT2D eigenvalue weighted by Crippen LogP contribution is -2.45. The van der Waals surface area contributed by atoms with E-state index < -0.39 is 5.60 Å². The van der Waals surface area contributed by atoms with Gasteiger partial charge >= 0.3 is 0 Å². The van der Waals surface area contributed by atoms with Gasteiger partial charge in [0.25, 0.3) is 5.91 Å². The summed E-state index contributed by atoms with van der Waals surface area (Å²) in [7, 11) is 0. The highest BCUT2D eigenvalue weighted by Crippen LogP contribution is 2.26. The van der Waals surface area contributed by atoms with Gasteiger partial charge in [-0.25, -0.2) is 0 Å². The number of amides is 1. The van der Waals surface area contributed by atoms with Crippen molar-refractivity contribution in [2.45, 2.75) is 25.4 Å². The topological polar surface area (TPSA) is 49.3 Å². The third kappa shape index (κ3) is 3.97. The zero-order chi connectivity index (χ0) is 13.9. The van der Waals surface area contributed by atoms with Crippen LogP contribution in [-0.4, -0.2) is 34.7 Å². The molecule has 1 aromatic carbocycles. The highest BCUT2D eigenvalue weighted by atomic mass is 79.9. The predicted octanol–water partition coefficient (Wildman–Crippen LogP) is 2.75. The number of rotatable bonds is 3. The minimum atomic E-state index is -0.738. The van der Waals surface area contributed by atoms with Gasteiger partial charge in [-0.05, 0) is 64.9 Å². The van der Waals surface area contributed by atoms with Gasteiger partial charge in [-0.15, -0.1) is 0 Å². The van der Waals surface area contributed by atoms with Gasteiger partial charge in [-0.3, -0.25) is 4.79 Å². The number of carbonyl (C=O) groups excluding carboxylic acids is 1. The minimum absolute atomic E-state index is 0.140. The van der Waals surface area contributed by atoms with Crippen LogP contribution in [0.3, 0.4) is 0 Å². The van der Waals surface area contributed by atoms with Crippen LogP contribution in [-0.2, 0) is 0 Å². The summed E-state index contributed by atoms with van der Waals surface area (Å²) in [6.45, 7) is 2.31. The lowest BCUT2D eigenvalue weighted by Gasteiger charge is -2.31. The van der Waals surface area contributed by atoms with Crippen molar-refractivity contribution < 1.29 is 9.90 Å². The Morgan fingerprint density at radius 2 is 2.16 bits per heavy atom. The number of hydrogen-bond acceptors (Lipinski definition) is 3. The quantitative estimate of drug-likeness (QED) is 0.887. The molecule has 1 saturated heterocycles. The second-order valence-corrected chi connectivity index (χ2v) is 7.08. The Kier molecular flexibility index (Phi) is 4.92. The molecule has 5 heteroatoms. The third-order valence-electron chi connectivity index (χ3n) is 3.37. The Bertz CT molecular complexity index is 473. The van der Waals surface area contributed by atoms with Gasteiger partial charge in [0.15, 0.2) is 0 Å². The maximum absolute atomic E-state index is 12.1. The van der Waals surface area contributed by atoms with Crippen molar-refractivity contribution in [2.75, 3.05) is 18.1 Å². The number of nitrogens with one attached hydrogen (secondary N) is 1. The molecule has 0 saturated carbocycles. The van der Waals surface area contributed by atoms with Crippen LogP contribution in [0, 0.1) is 6.92 Å². The zero-order valence-electron chi connectivity index (χ0n) is 10.9. The highest BCUT2D eigenvalue weighted by Gasteiger charge is 2.30. The molecule has 0 radical (unpaired) electrons. The van der Waals surface area contributed by atoms with Crippen molar-refractivity contribution in [1.82, 2.24) is 5.32 Å². The Labute approximate surface area is 126 Å². The maximum atomic E-state index is 12.1. The molecular weight excluding hydrogens is 326 g/mol. The fourth-order valence-corrected chi connectivity index (χ4v) is 4.00. The number of thioether (sulfide) groups is 1. The average Bonchev–Trinajstić information content (AvgIpc) is 2.37. The predicted molar refractivity (Wildman–Crippen MR) is 82.7 cm³/mol. The normalized spacial score (nSPS) is 18.1. The number of hydrogen-bond donors (Lipinski definition) is 2. The number of carbonyl (C=O) groups is 1. The molecule has 2 N–H and O–H groups in total. The first-order valence-electron chi connectivity index (χ1n) is 6.35. The van der Waals surface area contributed by atoms with Crippen molar-refractivity contribution >= 4 is 33.6 Å². The molecule has 0 spiro atoms. The summed E-state index contributed by atoms with van der Waals surface area (Å²) in [5.41, 5.74) is 0.976. The molecule has 0 aliphatic carbocycles. The van der Waals surface area contributed by atoms with E-state index in [0.717, 1.165) is 34.4 Å². The van der Waals surface area contributed by atoms with E-state index in [2.05, 4.69) is 21.2 Å². The summed E-state index contributed by atoms with van der Waals surface area (Å²) in [6, 6.07) is 5.63. The first kappa shape index (κ1) is 14.9. The molecule has 1 aromatic rings. The Morgan fingerprint density at radius 1 is 1.47 bits per heavy atom. The van der Waals surface area contributed by atoms with E-state index in [1.54, 1.807) is 6.07 Å². The van der Waals surface area contributed by atoms with Crippen LogP contribution in [0.25, 0.3) is 0 Å². The van der Waals surface area contributed by atoms with Crippen LogP contribution in [0.2, 0.25) is 0 Å². The van der Waals surface area contributed by atoms with E-state index in [4.69, 9.17) is 0 Å². The van der Waals surface area contributed by atoms with Crippen molar-refractivity contribution in [3.63, 3.8) is 0 Å². The molecule has 1 amide bonds. The molecule has 0 aromatic heterocycles. The van der Waals surface area contributed by atoms with E-state index in [0.29, 0.717) is 12.1 Å².